The molecule has 4 rings (SSSR count). The molecule has 1 aliphatic carbocycles. The third-order valence-electron chi connectivity index (χ3n) is 6.63. The summed E-state index contributed by atoms with van der Waals surface area (Å²) in [5.74, 6) is -0.0574. The van der Waals surface area contributed by atoms with E-state index in [1.807, 2.05) is 6.07 Å². The zero-order valence-corrected chi connectivity index (χ0v) is 19.9. The number of methoxy groups -OCH3 is 1. The second-order valence-electron chi connectivity index (χ2n) is 9.22. The highest BCUT2D eigenvalue weighted by Crippen LogP contribution is 2.34. The molecule has 0 radical (unpaired) electrons. The third-order valence-corrected chi connectivity index (χ3v) is 6.63. The van der Waals surface area contributed by atoms with E-state index in [1.54, 1.807) is 24.1 Å². The minimum atomic E-state index is -4.50. The molecule has 188 valence electrons. The summed E-state index contributed by atoms with van der Waals surface area (Å²) in [7, 11) is 1.72. The summed E-state index contributed by atoms with van der Waals surface area (Å²) in [6, 6.07) is 6.31. The number of aliphatic imine (C=N–C) groups is 1. The largest absolute Gasteiger partial charge is 0.417 e. The van der Waals surface area contributed by atoms with Crippen molar-refractivity contribution in [3.8, 4) is 11.1 Å². The van der Waals surface area contributed by atoms with Gasteiger partial charge in [0.15, 0.2) is 5.96 Å². The minimum Gasteiger partial charge on any atom is -0.381 e. The number of rotatable bonds is 3. The minimum absolute atomic E-state index is 0.00221. The van der Waals surface area contributed by atoms with Gasteiger partial charge in [-0.2, -0.15) is 13.2 Å². The average Bonchev–Trinajstić information content (AvgIpc) is 3.67. The molecule has 6 nitrogen and oxygen atoms in total. The van der Waals surface area contributed by atoms with Crippen LogP contribution < -0.4 is 5.73 Å². The number of nitrogens with zero attached hydrogens (tertiary/aromatic N) is 3. The summed E-state index contributed by atoms with van der Waals surface area (Å²) in [5.41, 5.74) is 7.57. The molecule has 1 amide bonds. The van der Waals surface area contributed by atoms with Gasteiger partial charge in [0.1, 0.15) is 0 Å². The number of nitrogens with two attached hydrogens (primary N) is 1. The van der Waals surface area contributed by atoms with E-state index in [1.165, 1.54) is 6.20 Å². The number of aryl methyl sites for hydroxylation is 1. The molecule has 1 atom stereocenters. The van der Waals surface area contributed by atoms with Gasteiger partial charge in [-0.25, -0.2) is 0 Å². The lowest BCUT2D eigenvalue weighted by Gasteiger charge is -2.24. The molecule has 1 fully saturated rings. The van der Waals surface area contributed by atoms with E-state index in [4.69, 9.17) is 10.5 Å². The summed E-state index contributed by atoms with van der Waals surface area (Å²) in [6.07, 6.45) is 4.64. The molecule has 2 N–H and O–H groups in total. The Morgan fingerprint density at radius 3 is 2.51 bits per heavy atom. The van der Waals surface area contributed by atoms with E-state index in [-0.39, 0.29) is 24.0 Å². The Labute approximate surface area is 203 Å². The van der Waals surface area contributed by atoms with Crippen LogP contribution in [0.4, 0.5) is 13.2 Å². The molecule has 1 aliphatic heterocycles. The van der Waals surface area contributed by atoms with Gasteiger partial charge in [-0.15, -0.1) is 0 Å². The predicted octanol–water partition coefficient (Wildman–Crippen LogP) is 5.21. The number of carbonyl (C=O) groups excluding carboxylic acids is 1. The van der Waals surface area contributed by atoms with Crippen molar-refractivity contribution in [1.29, 1.82) is 0 Å². The highest BCUT2D eigenvalue weighted by molar-refractivity contribution is 6.07. The van der Waals surface area contributed by atoms with Gasteiger partial charge in [-0.3, -0.25) is 19.7 Å². The van der Waals surface area contributed by atoms with Crippen LogP contribution in [0.15, 0.2) is 41.7 Å². The van der Waals surface area contributed by atoms with Gasteiger partial charge in [-0.1, -0.05) is 18.6 Å². The molecular weight excluding hydrogens is 457 g/mol. The van der Waals surface area contributed by atoms with Crippen molar-refractivity contribution in [3.05, 3.63) is 53.3 Å². The summed E-state index contributed by atoms with van der Waals surface area (Å²) in [5, 5.41) is 0. The van der Waals surface area contributed by atoms with Gasteiger partial charge in [0.05, 0.1) is 11.7 Å². The Bertz CT molecular complexity index is 1080. The van der Waals surface area contributed by atoms with E-state index in [0.717, 1.165) is 62.8 Å². The van der Waals surface area contributed by atoms with Crippen LogP contribution in [-0.4, -0.2) is 47.6 Å². The average molecular weight is 489 g/mol. The fraction of sp³-hybridized carbons (Fsp3) is 0.500. The maximum atomic E-state index is 13.8. The number of aromatic nitrogens is 1. The van der Waals surface area contributed by atoms with Crippen molar-refractivity contribution in [2.24, 2.45) is 10.7 Å². The first-order chi connectivity index (χ1) is 16.8. The van der Waals surface area contributed by atoms with Gasteiger partial charge in [0, 0.05) is 43.2 Å². The molecule has 1 unspecified atom stereocenters. The van der Waals surface area contributed by atoms with Crippen LogP contribution in [0, 0.1) is 0 Å². The summed E-state index contributed by atoms with van der Waals surface area (Å²) < 4.78 is 45.3. The Hall–Kier alpha value is -2.94. The van der Waals surface area contributed by atoms with Crippen molar-refractivity contribution in [1.82, 2.24) is 9.88 Å². The number of alkyl halides is 3. The van der Waals surface area contributed by atoms with Crippen LogP contribution in [0.2, 0.25) is 0 Å². The van der Waals surface area contributed by atoms with Gasteiger partial charge in [0.25, 0.3) is 5.91 Å². The van der Waals surface area contributed by atoms with E-state index in [9.17, 15) is 18.0 Å². The second-order valence-corrected chi connectivity index (χ2v) is 9.22. The zero-order valence-electron chi connectivity index (χ0n) is 19.9. The van der Waals surface area contributed by atoms with Crippen molar-refractivity contribution >= 4 is 11.9 Å². The molecular formula is C26H31F3N4O2. The van der Waals surface area contributed by atoms with Gasteiger partial charge >= 0.3 is 6.18 Å². The number of guanidine groups is 1. The summed E-state index contributed by atoms with van der Waals surface area (Å²) >= 11 is 0. The molecule has 0 spiro atoms. The molecule has 2 heterocycles. The fourth-order valence-corrected chi connectivity index (χ4v) is 4.50. The number of hydrogen-bond acceptors (Lipinski definition) is 5. The van der Waals surface area contributed by atoms with Crippen LogP contribution in [0.25, 0.3) is 11.1 Å². The molecule has 0 saturated heterocycles. The van der Waals surface area contributed by atoms with E-state index in [0.29, 0.717) is 29.7 Å². The first-order valence-electron chi connectivity index (χ1n) is 12.1. The lowest BCUT2D eigenvalue weighted by atomic mass is 9.94. The first kappa shape index (κ1) is 25.2. The molecule has 35 heavy (non-hydrogen) atoms. The van der Waals surface area contributed by atoms with Gasteiger partial charge in [0.2, 0.25) is 0 Å². The van der Waals surface area contributed by atoms with E-state index in [2.05, 4.69) is 9.98 Å². The van der Waals surface area contributed by atoms with Crippen molar-refractivity contribution in [2.45, 2.75) is 69.7 Å². The number of carbonyl (C=O) groups is 1. The van der Waals surface area contributed by atoms with Gasteiger partial charge in [-0.05, 0) is 68.2 Å². The normalized spacial score (nSPS) is 20.7. The quantitative estimate of drug-likeness (QED) is 0.643. The summed E-state index contributed by atoms with van der Waals surface area (Å²) in [6.45, 7) is 0.505. The monoisotopic (exact) mass is 488 g/mol. The van der Waals surface area contributed by atoms with Crippen LogP contribution in [0.5, 0.6) is 0 Å². The second kappa shape index (κ2) is 10.8. The number of amides is 1. The lowest BCUT2D eigenvalue weighted by Crippen LogP contribution is -2.44. The van der Waals surface area contributed by atoms with Crippen molar-refractivity contribution < 1.29 is 22.7 Å². The number of benzene rings is 1. The highest BCUT2D eigenvalue weighted by atomic mass is 19.4. The molecule has 1 saturated carbocycles. The van der Waals surface area contributed by atoms with Crippen LogP contribution >= 0.6 is 0 Å². The predicted molar refractivity (Wildman–Crippen MR) is 128 cm³/mol. The van der Waals surface area contributed by atoms with Crippen LogP contribution in [0.1, 0.15) is 66.4 Å². The molecule has 2 aromatic rings. The Morgan fingerprint density at radius 1 is 1.03 bits per heavy atom. The topological polar surface area (TPSA) is 80.8 Å². The molecule has 0 bridgehead atoms. The molecule has 1 aromatic carbocycles. The summed E-state index contributed by atoms with van der Waals surface area (Å²) in [4.78, 5) is 23.6. The molecule has 1 aromatic heterocycles. The smallest absolute Gasteiger partial charge is 0.381 e. The number of pyridine rings is 1. The Kier molecular flexibility index (Phi) is 7.74. The van der Waals surface area contributed by atoms with E-state index >= 15 is 0 Å². The highest BCUT2D eigenvalue weighted by Gasteiger charge is 2.36. The zero-order chi connectivity index (χ0) is 25.0. The molecule has 2 aliphatic rings. The fourth-order valence-electron chi connectivity index (χ4n) is 4.50. The SMILES string of the molecule is COC1CCCCc2ccc(-c3cncc(C(F)(F)F)c3)cc2C(=O)N(C2CC2)C(N)=NCCC1. The lowest BCUT2D eigenvalue weighted by molar-refractivity contribution is -0.137. The van der Waals surface area contributed by atoms with Gasteiger partial charge < -0.3 is 10.5 Å². The Morgan fingerprint density at radius 2 is 1.80 bits per heavy atom. The van der Waals surface area contributed by atoms with E-state index < -0.39 is 11.7 Å². The molecule has 9 heteroatoms. The van der Waals surface area contributed by atoms with Crippen molar-refractivity contribution in [2.75, 3.05) is 13.7 Å². The standard InChI is InChI=1S/C26H31F3N4O2/c1-35-22-6-3-2-5-17-8-9-18(19-13-20(16-31-15-19)26(27,28)29)14-23(17)24(34)33(21-10-11-21)25(30)32-12-4-7-22/h8-9,13-16,21-22H,2-7,10-12H2,1H3,(H2,30,32). The number of hydrogen-bond donors (Lipinski definition) is 1. The van der Waals surface area contributed by atoms with Crippen LogP contribution in [-0.2, 0) is 17.3 Å². The number of halogens is 3. The number of ether oxygens (including phenoxy) is 1. The maximum absolute atomic E-state index is 13.8. The third kappa shape index (κ3) is 6.20. The Balaban J connectivity index is 1.72. The maximum Gasteiger partial charge on any atom is 0.417 e. The number of fused-ring (bicyclic) bond motifs is 1. The van der Waals surface area contributed by atoms with Crippen LogP contribution in [0.3, 0.4) is 0 Å². The van der Waals surface area contributed by atoms with Crippen molar-refractivity contribution in [3.63, 3.8) is 0 Å². The first-order valence-corrected chi connectivity index (χ1v) is 12.1.